The summed E-state index contributed by atoms with van der Waals surface area (Å²) in [7, 11) is 1.49. The first-order valence-corrected chi connectivity index (χ1v) is 9.43. The highest BCUT2D eigenvalue weighted by molar-refractivity contribution is 5.81. The summed E-state index contributed by atoms with van der Waals surface area (Å²) in [5.74, 6) is -0.0725. The van der Waals surface area contributed by atoms with Crippen LogP contribution in [0, 0.1) is 5.92 Å². The zero-order chi connectivity index (χ0) is 21.3. The number of alkyl halides is 3. The molecule has 0 aliphatic carbocycles. The Morgan fingerprint density at radius 2 is 1.83 bits per heavy atom. The molecule has 7 nitrogen and oxygen atoms in total. The van der Waals surface area contributed by atoms with E-state index in [0.717, 1.165) is 37.9 Å². The first-order valence-electron chi connectivity index (χ1n) is 9.43. The van der Waals surface area contributed by atoms with Gasteiger partial charge in [0.15, 0.2) is 0 Å². The molecular formula is C19H26F3N3O4. The number of likely N-dealkylation sites (tertiary alicyclic amines) is 1. The minimum absolute atomic E-state index is 0.114. The lowest BCUT2D eigenvalue weighted by atomic mass is 9.93. The second-order valence-corrected chi connectivity index (χ2v) is 6.86. The van der Waals surface area contributed by atoms with Crippen LogP contribution in [0.1, 0.15) is 24.8 Å². The number of halogens is 3. The van der Waals surface area contributed by atoms with E-state index in [-0.39, 0.29) is 18.2 Å². The lowest BCUT2D eigenvalue weighted by Gasteiger charge is -2.31. The van der Waals surface area contributed by atoms with Gasteiger partial charge in [-0.1, -0.05) is 12.1 Å². The molecule has 0 radical (unpaired) electrons. The van der Waals surface area contributed by atoms with Crippen molar-refractivity contribution in [3.63, 3.8) is 0 Å². The average molecular weight is 417 g/mol. The average Bonchev–Trinajstić information content (AvgIpc) is 2.68. The number of benzene rings is 1. The first kappa shape index (κ1) is 22.8. The summed E-state index contributed by atoms with van der Waals surface area (Å²) in [4.78, 5) is 24.7. The third-order valence-corrected chi connectivity index (χ3v) is 4.70. The van der Waals surface area contributed by atoms with Crippen LogP contribution in [0.4, 0.5) is 18.0 Å². The maximum atomic E-state index is 12.2. The third kappa shape index (κ3) is 9.03. The number of hydrogen-bond donors (Lipinski definition) is 2. The summed E-state index contributed by atoms with van der Waals surface area (Å²) in [5.41, 5.74) is 0.925. The molecule has 0 saturated carbocycles. The van der Waals surface area contributed by atoms with Gasteiger partial charge in [0.2, 0.25) is 5.91 Å². The van der Waals surface area contributed by atoms with Crippen LogP contribution in [0.15, 0.2) is 24.3 Å². The molecule has 10 heteroatoms. The molecule has 0 bridgehead atoms. The van der Waals surface area contributed by atoms with Gasteiger partial charge < -0.3 is 20.1 Å². The van der Waals surface area contributed by atoms with Crippen LogP contribution in [0.3, 0.4) is 0 Å². The van der Waals surface area contributed by atoms with Crippen LogP contribution in [0.2, 0.25) is 0 Å². The topological polar surface area (TPSA) is 79.9 Å². The lowest BCUT2D eigenvalue weighted by molar-refractivity contribution is -0.274. The van der Waals surface area contributed by atoms with Crippen molar-refractivity contribution in [2.45, 2.75) is 32.2 Å². The van der Waals surface area contributed by atoms with Gasteiger partial charge >= 0.3 is 12.5 Å². The van der Waals surface area contributed by atoms with E-state index in [2.05, 4.69) is 20.3 Å². The van der Waals surface area contributed by atoms with Crippen molar-refractivity contribution in [1.82, 2.24) is 15.5 Å². The van der Waals surface area contributed by atoms with Gasteiger partial charge in [0.25, 0.3) is 0 Å². The predicted octanol–water partition coefficient (Wildman–Crippen LogP) is 2.66. The number of ether oxygens (including phenoxy) is 2. The van der Waals surface area contributed by atoms with Crippen LogP contribution >= 0.6 is 0 Å². The Bertz CT molecular complexity index is 660. The molecule has 1 aromatic carbocycles. The van der Waals surface area contributed by atoms with Gasteiger partial charge in [0, 0.05) is 13.6 Å². The van der Waals surface area contributed by atoms with Gasteiger partial charge in [-0.3, -0.25) is 9.69 Å². The van der Waals surface area contributed by atoms with E-state index in [9.17, 15) is 22.8 Å². The summed E-state index contributed by atoms with van der Waals surface area (Å²) in [6, 6.07) is 5.92. The molecule has 0 atom stereocenters. The highest BCUT2D eigenvalue weighted by Crippen LogP contribution is 2.25. The SMILES string of the molecule is CNC(=O)CNC(=O)OCCC1CCN(Cc2ccc(OC(F)(F)F)cc2)CC1. The van der Waals surface area contributed by atoms with Crippen molar-refractivity contribution in [1.29, 1.82) is 0 Å². The molecule has 2 amide bonds. The Labute approximate surface area is 167 Å². The Kier molecular flexibility index (Phi) is 8.56. The summed E-state index contributed by atoms with van der Waals surface area (Å²) >= 11 is 0. The van der Waals surface area contributed by atoms with Gasteiger partial charge in [-0.05, 0) is 56.0 Å². The summed E-state index contributed by atoms with van der Waals surface area (Å²) < 4.78 is 45.5. The van der Waals surface area contributed by atoms with Crippen molar-refractivity contribution in [2.75, 3.05) is 33.3 Å². The summed E-state index contributed by atoms with van der Waals surface area (Å²) in [5, 5.41) is 4.77. The minimum atomic E-state index is -4.68. The van der Waals surface area contributed by atoms with Crippen molar-refractivity contribution in [3.05, 3.63) is 29.8 Å². The van der Waals surface area contributed by atoms with Gasteiger partial charge in [-0.25, -0.2) is 4.79 Å². The van der Waals surface area contributed by atoms with E-state index in [1.165, 1.54) is 19.2 Å². The molecule has 2 N–H and O–H groups in total. The number of nitrogens with zero attached hydrogens (tertiary/aromatic N) is 1. The van der Waals surface area contributed by atoms with Crippen LogP contribution < -0.4 is 15.4 Å². The number of alkyl carbamates (subject to hydrolysis) is 1. The molecule has 162 valence electrons. The molecular weight excluding hydrogens is 391 g/mol. The molecule has 1 aromatic rings. The fourth-order valence-electron chi connectivity index (χ4n) is 3.10. The second-order valence-electron chi connectivity index (χ2n) is 6.86. The third-order valence-electron chi connectivity index (χ3n) is 4.70. The zero-order valence-electron chi connectivity index (χ0n) is 16.3. The normalized spacial score (nSPS) is 15.6. The molecule has 0 aromatic heterocycles. The number of amides is 2. The largest absolute Gasteiger partial charge is 0.573 e. The Balaban J connectivity index is 1.62. The zero-order valence-corrected chi connectivity index (χ0v) is 16.3. The maximum Gasteiger partial charge on any atom is 0.573 e. The lowest BCUT2D eigenvalue weighted by Crippen LogP contribution is -2.36. The van der Waals surface area contributed by atoms with E-state index in [0.29, 0.717) is 19.1 Å². The van der Waals surface area contributed by atoms with Crippen molar-refractivity contribution in [3.8, 4) is 5.75 Å². The van der Waals surface area contributed by atoms with Crippen LogP contribution in [0.25, 0.3) is 0 Å². The van der Waals surface area contributed by atoms with E-state index >= 15 is 0 Å². The number of carbonyl (C=O) groups excluding carboxylic acids is 2. The van der Waals surface area contributed by atoms with Gasteiger partial charge in [0.05, 0.1) is 13.2 Å². The molecule has 1 heterocycles. The Morgan fingerprint density at radius 1 is 1.17 bits per heavy atom. The van der Waals surface area contributed by atoms with Crippen LogP contribution in [0.5, 0.6) is 5.75 Å². The minimum Gasteiger partial charge on any atom is -0.450 e. The van der Waals surface area contributed by atoms with Gasteiger partial charge in [-0.15, -0.1) is 13.2 Å². The highest BCUT2D eigenvalue weighted by Gasteiger charge is 2.31. The molecule has 29 heavy (non-hydrogen) atoms. The van der Waals surface area contributed by atoms with Crippen molar-refractivity contribution < 1.29 is 32.2 Å². The second kappa shape index (κ2) is 10.9. The molecule has 0 unspecified atom stereocenters. The smallest absolute Gasteiger partial charge is 0.450 e. The number of piperidine rings is 1. The van der Waals surface area contributed by atoms with E-state index in [1.807, 2.05) is 0 Å². The van der Waals surface area contributed by atoms with E-state index in [4.69, 9.17) is 4.74 Å². The quantitative estimate of drug-likeness (QED) is 0.680. The molecule has 1 fully saturated rings. The number of rotatable bonds is 8. The van der Waals surface area contributed by atoms with Gasteiger partial charge in [0.1, 0.15) is 5.75 Å². The first-order chi connectivity index (χ1) is 13.7. The monoisotopic (exact) mass is 417 g/mol. The predicted molar refractivity (Wildman–Crippen MR) is 99.2 cm³/mol. The van der Waals surface area contributed by atoms with Crippen molar-refractivity contribution in [2.24, 2.45) is 5.92 Å². The number of likely N-dealkylation sites (N-methyl/N-ethyl adjacent to an activating group) is 1. The highest BCUT2D eigenvalue weighted by atomic mass is 19.4. The van der Waals surface area contributed by atoms with E-state index in [1.54, 1.807) is 12.1 Å². The van der Waals surface area contributed by atoms with Gasteiger partial charge in [-0.2, -0.15) is 0 Å². The van der Waals surface area contributed by atoms with Crippen LogP contribution in [-0.2, 0) is 16.1 Å². The standard InChI is InChI=1S/C19H26F3N3O4/c1-23-17(26)12-24-18(27)28-11-8-14-6-9-25(10-7-14)13-15-2-4-16(5-3-15)29-19(20,21)22/h2-5,14H,6-13H2,1H3,(H,23,26)(H,24,27). The fourth-order valence-corrected chi connectivity index (χ4v) is 3.10. The number of carbonyl (C=O) groups is 2. The molecule has 1 saturated heterocycles. The maximum absolute atomic E-state index is 12.2. The molecule has 2 rings (SSSR count). The van der Waals surface area contributed by atoms with Crippen LogP contribution in [-0.4, -0.2) is 56.6 Å². The fraction of sp³-hybridized carbons (Fsp3) is 0.579. The molecule has 1 aliphatic rings. The number of hydrogen-bond acceptors (Lipinski definition) is 5. The molecule has 0 spiro atoms. The Hall–Kier alpha value is -2.49. The number of nitrogens with one attached hydrogen (secondary N) is 2. The molecule has 1 aliphatic heterocycles. The summed E-state index contributed by atoms with van der Waals surface area (Å²) in [6.45, 7) is 2.59. The summed E-state index contributed by atoms with van der Waals surface area (Å²) in [6.07, 6.45) is -2.62. The van der Waals surface area contributed by atoms with E-state index < -0.39 is 12.5 Å². The van der Waals surface area contributed by atoms with Crippen molar-refractivity contribution >= 4 is 12.0 Å². The Morgan fingerprint density at radius 3 is 2.41 bits per heavy atom.